The van der Waals surface area contributed by atoms with Crippen LogP contribution in [0.5, 0.6) is 0 Å². The highest BCUT2D eigenvalue weighted by Crippen LogP contribution is 2.18. The van der Waals surface area contributed by atoms with Gasteiger partial charge in [-0.05, 0) is 23.6 Å². The molecule has 6 heteroatoms. The molecule has 1 aromatic carbocycles. The molecule has 0 fully saturated rings. The molecule has 0 spiro atoms. The second-order valence-electron chi connectivity index (χ2n) is 5.95. The lowest BCUT2D eigenvalue weighted by molar-refractivity contribution is -0.126. The van der Waals surface area contributed by atoms with Crippen molar-refractivity contribution in [2.24, 2.45) is 14.1 Å². The summed E-state index contributed by atoms with van der Waals surface area (Å²) in [5.41, 5.74) is 1.94. The van der Waals surface area contributed by atoms with Gasteiger partial charge in [0.1, 0.15) is 0 Å². The number of aromatic nitrogens is 2. The zero-order chi connectivity index (χ0) is 17.3. The van der Waals surface area contributed by atoms with Crippen LogP contribution in [0.15, 0.2) is 46.1 Å². The summed E-state index contributed by atoms with van der Waals surface area (Å²) in [5.74, 6) is -0.139. The summed E-state index contributed by atoms with van der Waals surface area (Å²) in [6.07, 6.45) is 5.15. The Morgan fingerprint density at radius 1 is 1.12 bits per heavy atom. The van der Waals surface area contributed by atoms with Crippen molar-refractivity contribution in [2.45, 2.75) is 13.0 Å². The average molecular weight is 325 g/mol. The molecule has 2 heterocycles. The zero-order valence-electron chi connectivity index (χ0n) is 13.7. The molecule has 1 aliphatic heterocycles. The fourth-order valence-corrected chi connectivity index (χ4v) is 2.90. The summed E-state index contributed by atoms with van der Waals surface area (Å²) in [4.78, 5) is 37.9. The van der Waals surface area contributed by atoms with Crippen LogP contribution in [-0.4, -0.2) is 26.5 Å². The number of aryl methyl sites for hydroxylation is 1. The van der Waals surface area contributed by atoms with Crippen LogP contribution in [0.1, 0.15) is 16.7 Å². The van der Waals surface area contributed by atoms with E-state index < -0.39 is 11.2 Å². The van der Waals surface area contributed by atoms with Crippen molar-refractivity contribution < 1.29 is 4.79 Å². The van der Waals surface area contributed by atoms with Gasteiger partial charge in [0.2, 0.25) is 5.91 Å². The summed E-state index contributed by atoms with van der Waals surface area (Å²) in [5, 5.41) is 0. The first kappa shape index (κ1) is 16.0. The van der Waals surface area contributed by atoms with Crippen LogP contribution in [0.4, 0.5) is 0 Å². The number of benzene rings is 1. The molecule has 2 aromatic rings. The monoisotopic (exact) mass is 325 g/mol. The van der Waals surface area contributed by atoms with Crippen LogP contribution in [0.2, 0.25) is 0 Å². The molecule has 124 valence electrons. The standard InChI is InChI=1S/C18H19N3O3/c1-19-11-15(17(23)20(2)18(19)24)7-8-16(22)21-10-9-13-5-3-4-6-14(13)12-21/h3-8,11H,9-10,12H2,1-2H3/b8-7+. The third-order valence-electron chi connectivity index (χ3n) is 4.32. The number of nitrogens with zero attached hydrogens (tertiary/aromatic N) is 3. The molecule has 0 radical (unpaired) electrons. The Morgan fingerprint density at radius 3 is 2.58 bits per heavy atom. The highest BCUT2D eigenvalue weighted by molar-refractivity contribution is 5.91. The van der Waals surface area contributed by atoms with Crippen molar-refractivity contribution in [3.8, 4) is 0 Å². The van der Waals surface area contributed by atoms with Gasteiger partial charge >= 0.3 is 5.69 Å². The molecule has 1 aliphatic rings. The third kappa shape index (κ3) is 2.95. The predicted octanol–water partition coefficient (Wildman–Crippen LogP) is 0.682. The molecule has 6 nitrogen and oxygen atoms in total. The second kappa shape index (κ2) is 6.31. The fourth-order valence-electron chi connectivity index (χ4n) is 2.90. The molecule has 1 amide bonds. The molecule has 0 saturated carbocycles. The topological polar surface area (TPSA) is 64.3 Å². The first-order chi connectivity index (χ1) is 11.5. The lowest BCUT2D eigenvalue weighted by Gasteiger charge is -2.27. The van der Waals surface area contributed by atoms with Gasteiger partial charge in [-0.2, -0.15) is 0 Å². The van der Waals surface area contributed by atoms with E-state index in [-0.39, 0.29) is 5.91 Å². The SMILES string of the molecule is Cn1cc(/C=C/C(=O)N2CCc3ccccc3C2)c(=O)n(C)c1=O. The van der Waals surface area contributed by atoms with E-state index in [1.165, 1.54) is 35.5 Å². The van der Waals surface area contributed by atoms with Gasteiger partial charge in [-0.15, -0.1) is 0 Å². The summed E-state index contributed by atoms with van der Waals surface area (Å²) in [6.45, 7) is 1.23. The Balaban J connectivity index is 1.80. The Labute approximate surface area is 139 Å². The van der Waals surface area contributed by atoms with Crippen LogP contribution >= 0.6 is 0 Å². The first-order valence-electron chi connectivity index (χ1n) is 7.78. The van der Waals surface area contributed by atoms with E-state index in [1.807, 2.05) is 18.2 Å². The summed E-state index contributed by atoms with van der Waals surface area (Å²) in [7, 11) is 2.99. The Kier molecular flexibility index (Phi) is 4.20. The highest BCUT2D eigenvalue weighted by Gasteiger charge is 2.18. The van der Waals surface area contributed by atoms with Crippen LogP contribution in [0.3, 0.4) is 0 Å². The van der Waals surface area contributed by atoms with Crippen molar-refractivity contribution >= 4 is 12.0 Å². The molecule has 0 saturated heterocycles. The zero-order valence-corrected chi connectivity index (χ0v) is 13.7. The van der Waals surface area contributed by atoms with Gasteiger partial charge in [-0.1, -0.05) is 24.3 Å². The van der Waals surface area contributed by atoms with Crippen LogP contribution in [0, 0.1) is 0 Å². The van der Waals surface area contributed by atoms with Gasteiger partial charge < -0.3 is 9.47 Å². The maximum Gasteiger partial charge on any atom is 0.330 e. The van der Waals surface area contributed by atoms with Crippen molar-refractivity contribution in [3.05, 3.63) is 74.1 Å². The van der Waals surface area contributed by atoms with E-state index in [0.29, 0.717) is 18.7 Å². The normalized spacial score (nSPS) is 14.0. The van der Waals surface area contributed by atoms with E-state index in [4.69, 9.17) is 0 Å². The van der Waals surface area contributed by atoms with Gasteiger partial charge in [0.25, 0.3) is 5.56 Å². The highest BCUT2D eigenvalue weighted by atomic mass is 16.2. The van der Waals surface area contributed by atoms with Crippen molar-refractivity contribution in [2.75, 3.05) is 6.54 Å². The fraction of sp³-hybridized carbons (Fsp3) is 0.278. The number of fused-ring (bicyclic) bond motifs is 1. The van der Waals surface area contributed by atoms with Gasteiger partial charge in [0, 0.05) is 39.5 Å². The van der Waals surface area contributed by atoms with Gasteiger partial charge in [0.05, 0.1) is 5.56 Å². The number of carbonyl (C=O) groups is 1. The summed E-state index contributed by atoms with van der Waals surface area (Å²) >= 11 is 0. The van der Waals surface area contributed by atoms with Crippen LogP contribution < -0.4 is 11.2 Å². The van der Waals surface area contributed by atoms with Crippen molar-refractivity contribution in [3.63, 3.8) is 0 Å². The minimum absolute atomic E-state index is 0.139. The smallest absolute Gasteiger partial charge is 0.330 e. The largest absolute Gasteiger partial charge is 0.334 e. The van der Waals surface area contributed by atoms with Gasteiger partial charge in [0.15, 0.2) is 0 Å². The predicted molar refractivity (Wildman–Crippen MR) is 91.5 cm³/mol. The van der Waals surface area contributed by atoms with Gasteiger partial charge in [-0.3, -0.25) is 14.2 Å². The number of hydrogen-bond acceptors (Lipinski definition) is 3. The van der Waals surface area contributed by atoms with E-state index >= 15 is 0 Å². The van der Waals surface area contributed by atoms with E-state index in [1.54, 1.807) is 11.9 Å². The maximum atomic E-state index is 12.4. The van der Waals surface area contributed by atoms with Crippen LogP contribution in [0.25, 0.3) is 6.08 Å². The van der Waals surface area contributed by atoms with Gasteiger partial charge in [-0.25, -0.2) is 4.79 Å². The molecule has 24 heavy (non-hydrogen) atoms. The van der Waals surface area contributed by atoms with Crippen molar-refractivity contribution in [1.82, 2.24) is 14.0 Å². The Bertz CT molecular complexity index is 937. The first-order valence-corrected chi connectivity index (χ1v) is 7.78. The number of hydrogen-bond donors (Lipinski definition) is 0. The number of carbonyl (C=O) groups excluding carboxylic acids is 1. The molecule has 0 aliphatic carbocycles. The van der Waals surface area contributed by atoms with E-state index in [0.717, 1.165) is 16.6 Å². The van der Waals surface area contributed by atoms with E-state index in [2.05, 4.69) is 6.07 Å². The molecular formula is C18H19N3O3. The minimum atomic E-state index is -0.411. The lowest BCUT2D eigenvalue weighted by Crippen LogP contribution is -2.37. The lowest BCUT2D eigenvalue weighted by atomic mass is 10.00. The van der Waals surface area contributed by atoms with E-state index in [9.17, 15) is 14.4 Å². The molecule has 0 unspecified atom stereocenters. The molecule has 0 bridgehead atoms. The van der Waals surface area contributed by atoms with Crippen molar-refractivity contribution in [1.29, 1.82) is 0 Å². The second-order valence-corrected chi connectivity index (χ2v) is 5.95. The van der Waals surface area contributed by atoms with Crippen LogP contribution in [-0.2, 0) is 31.9 Å². The molecule has 0 atom stereocenters. The maximum absolute atomic E-state index is 12.4. The number of rotatable bonds is 2. The third-order valence-corrected chi connectivity index (χ3v) is 4.32. The number of amides is 1. The minimum Gasteiger partial charge on any atom is -0.334 e. The molecule has 1 aromatic heterocycles. The average Bonchev–Trinajstić information content (AvgIpc) is 2.61. The molecule has 3 rings (SSSR count). The molecule has 0 N–H and O–H groups in total. The Morgan fingerprint density at radius 2 is 1.83 bits per heavy atom. The Hall–Kier alpha value is -2.89. The quantitative estimate of drug-likeness (QED) is 0.763. The summed E-state index contributed by atoms with van der Waals surface area (Å²) in [6, 6.07) is 8.09. The summed E-state index contributed by atoms with van der Waals surface area (Å²) < 4.78 is 2.35. The molecular weight excluding hydrogens is 306 g/mol.